The largest absolute Gasteiger partial charge is 0.491 e. The lowest BCUT2D eigenvalue weighted by Gasteiger charge is -2.35. The summed E-state index contributed by atoms with van der Waals surface area (Å²) in [5.41, 5.74) is 2.01. The molecule has 2 N–H and O–H groups in total. The number of nitrogens with one attached hydrogen (secondary N) is 1. The first-order chi connectivity index (χ1) is 13.6. The lowest BCUT2D eigenvalue weighted by Crippen LogP contribution is -2.50. The van der Waals surface area contributed by atoms with E-state index in [-0.39, 0.29) is 12.5 Å². The van der Waals surface area contributed by atoms with Crippen LogP contribution in [0, 0.1) is 6.92 Å². The third-order valence-corrected chi connectivity index (χ3v) is 4.82. The second-order valence-corrected chi connectivity index (χ2v) is 7.27. The minimum absolute atomic E-state index is 0.00572. The maximum Gasteiger partial charge on any atom is 0.238 e. The third-order valence-electron chi connectivity index (χ3n) is 4.82. The average molecular weight is 383 g/mol. The highest BCUT2D eigenvalue weighted by Gasteiger charge is 2.21. The predicted octanol–water partition coefficient (Wildman–Crippen LogP) is 1.99. The molecule has 6 nitrogen and oxygen atoms in total. The van der Waals surface area contributed by atoms with Crippen molar-refractivity contribution in [2.24, 2.45) is 0 Å². The number of nitrogens with zero attached hydrogens (tertiary/aromatic N) is 2. The van der Waals surface area contributed by atoms with Crippen molar-refractivity contribution in [3.05, 3.63) is 60.2 Å². The first-order valence-electron chi connectivity index (χ1n) is 9.75. The van der Waals surface area contributed by atoms with Crippen LogP contribution in [-0.2, 0) is 4.79 Å². The van der Waals surface area contributed by atoms with Crippen molar-refractivity contribution in [3.8, 4) is 5.75 Å². The Morgan fingerprint density at radius 2 is 1.68 bits per heavy atom. The van der Waals surface area contributed by atoms with Gasteiger partial charge in [-0.15, -0.1) is 0 Å². The fraction of sp³-hybridized carbons (Fsp3) is 0.409. The molecule has 6 heteroatoms. The highest BCUT2D eigenvalue weighted by atomic mass is 16.5. The van der Waals surface area contributed by atoms with Crippen LogP contribution in [0.25, 0.3) is 0 Å². The fourth-order valence-corrected chi connectivity index (χ4v) is 3.23. The van der Waals surface area contributed by atoms with E-state index in [1.807, 2.05) is 61.5 Å². The second-order valence-electron chi connectivity index (χ2n) is 7.27. The van der Waals surface area contributed by atoms with Crippen LogP contribution in [0.3, 0.4) is 0 Å². The van der Waals surface area contributed by atoms with Gasteiger partial charge in [0.25, 0.3) is 0 Å². The van der Waals surface area contributed by atoms with Crippen LogP contribution >= 0.6 is 0 Å². The van der Waals surface area contributed by atoms with E-state index in [2.05, 4.69) is 15.1 Å². The summed E-state index contributed by atoms with van der Waals surface area (Å²) in [4.78, 5) is 16.5. The minimum atomic E-state index is -0.533. The highest BCUT2D eigenvalue weighted by Crippen LogP contribution is 2.12. The second kappa shape index (κ2) is 10.2. The molecule has 2 aromatic carbocycles. The molecule has 1 saturated heterocycles. The van der Waals surface area contributed by atoms with Gasteiger partial charge in [0.15, 0.2) is 0 Å². The Morgan fingerprint density at radius 1 is 1.04 bits per heavy atom. The molecule has 3 rings (SSSR count). The number of aliphatic hydroxyl groups excluding tert-OH is 1. The zero-order valence-corrected chi connectivity index (χ0v) is 16.4. The van der Waals surface area contributed by atoms with E-state index >= 15 is 0 Å². The van der Waals surface area contributed by atoms with Crippen molar-refractivity contribution < 1.29 is 14.6 Å². The van der Waals surface area contributed by atoms with Gasteiger partial charge in [0.2, 0.25) is 5.91 Å². The molecule has 150 valence electrons. The van der Waals surface area contributed by atoms with Crippen LogP contribution < -0.4 is 10.1 Å². The van der Waals surface area contributed by atoms with E-state index in [1.165, 1.54) is 5.56 Å². The van der Waals surface area contributed by atoms with Crippen molar-refractivity contribution in [2.75, 3.05) is 51.2 Å². The Labute approximate surface area is 166 Å². The number of piperazine rings is 1. The van der Waals surface area contributed by atoms with Gasteiger partial charge in [-0.3, -0.25) is 14.6 Å². The highest BCUT2D eigenvalue weighted by molar-refractivity contribution is 5.92. The van der Waals surface area contributed by atoms with Crippen LogP contribution in [0.1, 0.15) is 5.56 Å². The molecule has 28 heavy (non-hydrogen) atoms. The monoisotopic (exact) mass is 383 g/mol. The summed E-state index contributed by atoms with van der Waals surface area (Å²) in [6.07, 6.45) is -0.533. The smallest absolute Gasteiger partial charge is 0.238 e. The molecule has 0 aliphatic carbocycles. The summed E-state index contributed by atoms with van der Waals surface area (Å²) >= 11 is 0. The first-order valence-corrected chi connectivity index (χ1v) is 9.75. The molecule has 1 fully saturated rings. The summed E-state index contributed by atoms with van der Waals surface area (Å²) in [7, 11) is 0. The van der Waals surface area contributed by atoms with Gasteiger partial charge in [-0.05, 0) is 31.2 Å². The van der Waals surface area contributed by atoms with Crippen LogP contribution in [-0.4, -0.2) is 72.8 Å². The number of ether oxygens (including phenoxy) is 1. The van der Waals surface area contributed by atoms with Gasteiger partial charge in [-0.25, -0.2) is 0 Å². The number of aliphatic hydroxyl groups is 1. The third kappa shape index (κ3) is 6.64. The Balaban J connectivity index is 1.33. The molecule has 1 amide bonds. The van der Waals surface area contributed by atoms with Crippen molar-refractivity contribution in [1.29, 1.82) is 0 Å². The number of rotatable bonds is 8. The summed E-state index contributed by atoms with van der Waals surface area (Å²) in [6, 6.07) is 17.3. The summed E-state index contributed by atoms with van der Waals surface area (Å²) in [5, 5.41) is 13.2. The van der Waals surface area contributed by atoms with Gasteiger partial charge in [0.05, 0.1) is 6.54 Å². The molecule has 0 spiro atoms. The molecule has 1 heterocycles. The summed E-state index contributed by atoms with van der Waals surface area (Å²) < 4.78 is 5.65. The number of benzene rings is 2. The molecule has 0 saturated carbocycles. The van der Waals surface area contributed by atoms with E-state index < -0.39 is 6.10 Å². The molecule has 1 aliphatic heterocycles. The molecule has 0 bridgehead atoms. The topological polar surface area (TPSA) is 65.0 Å². The van der Waals surface area contributed by atoms with E-state index in [0.717, 1.165) is 37.6 Å². The zero-order valence-electron chi connectivity index (χ0n) is 16.4. The number of carbonyl (C=O) groups excluding carboxylic acids is 1. The van der Waals surface area contributed by atoms with E-state index in [0.29, 0.717) is 13.1 Å². The lowest BCUT2D eigenvalue weighted by molar-refractivity contribution is -0.117. The standard InChI is InChI=1S/C22H29N3O3/c1-18-7-9-21(10-8-18)28-17-20(26)15-24-11-13-25(14-12-24)16-22(27)23-19-5-3-2-4-6-19/h2-10,20,26H,11-17H2,1H3,(H,23,27). The maximum atomic E-state index is 12.2. The molecule has 0 aromatic heterocycles. The Kier molecular flexibility index (Phi) is 7.42. The Hall–Kier alpha value is -2.41. The van der Waals surface area contributed by atoms with Crippen molar-refractivity contribution in [1.82, 2.24) is 9.80 Å². The minimum Gasteiger partial charge on any atom is -0.491 e. The lowest BCUT2D eigenvalue weighted by atomic mass is 10.2. The van der Waals surface area contributed by atoms with Gasteiger partial charge in [-0.1, -0.05) is 35.9 Å². The molecule has 1 atom stereocenters. The molecular formula is C22H29N3O3. The molecule has 0 radical (unpaired) electrons. The number of amides is 1. The van der Waals surface area contributed by atoms with Crippen molar-refractivity contribution >= 4 is 11.6 Å². The first kappa shape index (κ1) is 20.3. The van der Waals surface area contributed by atoms with Gasteiger partial charge >= 0.3 is 0 Å². The van der Waals surface area contributed by atoms with Crippen molar-refractivity contribution in [3.63, 3.8) is 0 Å². The number of para-hydroxylation sites is 1. The zero-order chi connectivity index (χ0) is 19.8. The summed E-state index contributed by atoms with van der Waals surface area (Å²) in [6.45, 7) is 6.58. The number of hydrogen-bond acceptors (Lipinski definition) is 5. The number of aryl methyl sites for hydroxylation is 1. The van der Waals surface area contributed by atoms with E-state index in [4.69, 9.17) is 4.74 Å². The molecule has 2 aromatic rings. The molecule has 1 unspecified atom stereocenters. The van der Waals surface area contributed by atoms with Crippen LogP contribution in [0.5, 0.6) is 5.75 Å². The van der Waals surface area contributed by atoms with Gasteiger partial charge in [0, 0.05) is 38.4 Å². The fourth-order valence-electron chi connectivity index (χ4n) is 3.23. The molecular weight excluding hydrogens is 354 g/mol. The van der Waals surface area contributed by atoms with E-state index in [9.17, 15) is 9.90 Å². The van der Waals surface area contributed by atoms with Crippen molar-refractivity contribution in [2.45, 2.75) is 13.0 Å². The molecule has 1 aliphatic rings. The Morgan fingerprint density at radius 3 is 2.36 bits per heavy atom. The van der Waals surface area contributed by atoms with Crippen LogP contribution in [0.4, 0.5) is 5.69 Å². The average Bonchev–Trinajstić information content (AvgIpc) is 2.70. The summed E-state index contributed by atoms with van der Waals surface area (Å²) in [5.74, 6) is 0.782. The normalized spacial score (nSPS) is 16.5. The van der Waals surface area contributed by atoms with Crippen LogP contribution in [0.2, 0.25) is 0 Å². The van der Waals surface area contributed by atoms with E-state index in [1.54, 1.807) is 0 Å². The quantitative estimate of drug-likeness (QED) is 0.730. The SMILES string of the molecule is Cc1ccc(OCC(O)CN2CCN(CC(=O)Nc3ccccc3)CC2)cc1. The maximum absolute atomic E-state index is 12.2. The number of carbonyl (C=O) groups is 1. The predicted molar refractivity (Wildman–Crippen MR) is 111 cm³/mol. The van der Waals surface area contributed by atoms with Gasteiger partial charge < -0.3 is 15.2 Å². The van der Waals surface area contributed by atoms with Gasteiger partial charge in [-0.2, -0.15) is 0 Å². The number of anilines is 1. The number of β-amino-alcohol motifs (C(OH)–C–C–N with tert-alkyl or cyclic N) is 1. The van der Waals surface area contributed by atoms with Gasteiger partial charge in [0.1, 0.15) is 18.5 Å². The van der Waals surface area contributed by atoms with Crippen LogP contribution in [0.15, 0.2) is 54.6 Å². The number of hydrogen-bond donors (Lipinski definition) is 2. The Bertz CT molecular complexity index is 728.